The van der Waals surface area contributed by atoms with Crippen molar-refractivity contribution in [2.24, 2.45) is 5.92 Å². The van der Waals surface area contributed by atoms with Gasteiger partial charge in [0.15, 0.2) is 5.78 Å². The fourth-order valence-electron chi connectivity index (χ4n) is 1.98. The van der Waals surface area contributed by atoms with Gasteiger partial charge in [-0.1, -0.05) is 50.6 Å². The van der Waals surface area contributed by atoms with Gasteiger partial charge in [-0.25, -0.2) is 0 Å². The molecule has 0 saturated carbocycles. The first-order valence-electron chi connectivity index (χ1n) is 6.93. The number of hydrogen-bond acceptors (Lipinski definition) is 3. The molecule has 19 heavy (non-hydrogen) atoms. The van der Waals surface area contributed by atoms with Gasteiger partial charge in [0, 0.05) is 5.92 Å². The van der Waals surface area contributed by atoms with Crippen LogP contribution in [-0.2, 0) is 16.1 Å². The Hall–Kier alpha value is -1.19. The molecule has 0 aliphatic carbocycles. The molecule has 0 fully saturated rings. The molecular weight excluding hydrogens is 240 g/mol. The van der Waals surface area contributed by atoms with Gasteiger partial charge in [-0.3, -0.25) is 4.79 Å². The Labute approximate surface area is 115 Å². The lowest BCUT2D eigenvalue weighted by Gasteiger charge is -2.21. The van der Waals surface area contributed by atoms with E-state index in [4.69, 9.17) is 4.74 Å². The molecule has 0 spiro atoms. The van der Waals surface area contributed by atoms with Crippen molar-refractivity contribution in [2.45, 2.75) is 52.4 Å². The van der Waals surface area contributed by atoms with E-state index in [1.165, 1.54) is 0 Å². The van der Waals surface area contributed by atoms with E-state index in [9.17, 15) is 9.90 Å². The third kappa shape index (κ3) is 5.13. The summed E-state index contributed by atoms with van der Waals surface area (Å²) >= 11 is 0. The molecule has 0 unspecified atom stereocenters. The van der Waals surface area contributed by atoms with Crippen LogP contribution in [0.5, 0.6) is 0 Å². The van der Waals surface area contributed by atoms with E-state index in [1.54, 1.807) is 13.8 Å². The minimum Gasteiger partial charge on any atom is -0.392 e. The van der Waals surface area contributed by atoms with Gasteiger partial charge in [-0.15, -0.1) is 0 Å². The van der Waals surface area contributed by atoms with Gasteiger partial charge in [0.1, 0.15) is 6.10 Å². The summed E-state index contributed by atoms with van der Waals surface area (Å²) in [7, 11) is 0. The van der Waals surface area contributed by atoms with Gasteiger partial charge in [-0.05, 0) is 18.9 Å². The van der Waals surface area contributed by atoms with Gasteiger partial charge in [-0.2, -0.15) is 0 Å². The minimum absolute atomic E-state index is 0.0307. The molecule has 1 rings (SSSR count). The van der Waals surface area contributed by atoms with E-state index in [-0.39, 0.29) is 11.7 Å². The van der Waals surface area contributed by atoms with Crippen LogP contribution in [0.1, 0.15) is 39.2 Å². The smallest absolute Gasteiger partial charge is 0.166 e. The van der Waals surface area contributed by atoms with Crippen molar-refractivity contribution in [3.8, 4) is 0 Å². The topological polar surface area (TPSA) is 46.5 Å². The van der Waals surface area contributed by atoms with E-state index < -0.39 is 12.2 Å². The van der Waals surface area contributed by atoms with Gasteiger partial charge < -0.3 is 9.84 Å². The van der Waals surface area contributed by atoms with Crippen LogP contribution in [0.25, 0.3) is 0 Å². The zero-order valence-corrected chi connectivity index (χ0v) is 12.0. The molecule has 0 aromatic heterocycles. The highest BCUT2D eigenvalue weighted by Gasteiger charge is 2.26. The summed E-state index contributed by atoms with van der Waals surface area (Å²) in [5.74, 6) is -0.400. The van der Waals surface area contributed by atoms with E-state index in [0.29, 0.717) is 13.0 Å². The van der Waals surface area contributed by atoms with Crippen molar-refractivity contribution >= 4 is 5.78 Å². The molecule has 3 nitrogen and oxygen atoms in total. The second-order valence-electron chi connectivity index (χ2n) is 4.99. The molecule has 0 amide bonds. The number of aliphatic hydroxyl groups excluding tert-OH is 1. The summed E-state index contributed by atoms with van der Waals surface area (Å²) < 4.78 is 5.58. The summed E-state index contributed by atoms with van der Waals surface area (Å²) in [4.78, 5) is 12.1. The van der Waals surface area contributed by atoms with Crippen LogP contribution in [0.15, 0.2) is 30.3 Å². The fourth-order valence-corrected chi connectivity index (χ4v) is 1.98. The van der Waals surface area contributed by atoms with Crippen LogP contribution < -0.4 is 0 Å². The number of ketones is 1. The second kappa shape index (κ2) is 8.08. The molecule has 0 radical (unpaired) electrons. The molecule has 1 aromatic rings. The molecule has 106 valence electrons. The highest BCUT2D eigenvalue weighted by Crippen LogP contribution is 2.14. The lowest BCUT2D eigenvalue weighted by Crippen LogP contribution is -2.33. The molecule has 0 saturated heterocycles. The molecule has 3 atom stereocenters. The number of ether oxygens (including phenoxy) is 1. The van der Waals surface area contributed by atoms with Crippen LogP contribution >= 0.6 is 0 Å². The highest BCUT2D eigenvalue weighted by atomic mass is 16.5. The minimum atomic E-state index is -0.569. The summed E-state index contributed by atoms with van der Waals surface area (Å²) in [6, 6.07) is 9.76. The maximum absolute atomic E-state index is 12.1. The van der Waals surface area contributed by atoms with E-state index >= 15 is 0 Å². The van der Waals surface area contributed by atoms with Gasteiger partial charge in [0.2, 0.25) is 0 Å². The highest BCUT2D eigenvalue weighted by molar-refractivity contribution is 5.85. The molecule has 0 heterocycles. The number of Topliss-reactive ketones (excluding diaryl/α,β-unsaturated/α-hetero) is 1. The molecule has 0 aliphatic rings. The van der Waals surface area contributed by atoms with Gasteiger partial charge in [0.05, 0.1) is 12.7 Å². The van der Waals surface area contributed by atoms with Crippen LogP contribution in [-0.4, -0.2) is 23.1 Å². The molecule has 3 heteroatoms. The summed E-state index contributed by atoms with van der Waals surface area (Å²) in [6.07, 6.45) is 0.470. The van der Waals surface area contributed by atoms with Crippen LogP contribution in [0.2, 0.25) is 0 Å². The van der Waals surface area contributed by atoms with Crippen molar-refractivity contribution in [2.75, 3.05) is 0 Å². The van der Waals surface area contributed by atoms with Crippen molar-refractivity contribution in [3.05, 3.63) is 35.9 Å². The summed E-state index contributed by atoms with van der Waals surface area (Å²) in [5, 5.41) is 9.85. The first kappa shape index (κ1) is 15.9. The van der Waals surface area contributed by atoms with Gasteiger partial charge >= 0.3 is 0 Å². The number of carbonyl (C=O) groups excluding carboxylic acids is 1. The van der Waals surface area contributed by atoms with E-state index in [1.807, 2.05) is 37.3 Å². The Morgan fingerprint density at radius 1 is 1.26 bits per heavy atom. The third-order valence-corrected chi connectivity index (χ3v) is 3.35. The number of carbonyl (C=O) groups is 1. The standard InChI is InChI=1S/C16H24O3/c1-4-8-15(17)12(2)16(18)13(3)19-11-14-9-6-5-7-10-14/h5-7,9-10,12-13,15,17H,4,8,11H2,1-3H3/t12-,13+,15+/m1/s1. The molecule has 0 aliphatic heterocycles. The SMILES string of the molecule is CCC[C@H](O)[C@@H](C)C(=O)[C@H](C)OCc1ccccc1. The normalized spacial score (nSPS) is 15.8. The zero-order valence-electron chi connectivity index (χ0n) is 12.0. The Bertz CT molecular complexity index is 375. The first-order valence-corrected chi connectivity index (χ1v) is 6.93. The van der Waals surface area contributed by atoms with Crippen LogP contribution in [0, 0.1) is 5.92 Å². The predicted octanol–water partition coefficient (Wildman–Crippen LogP) is 2.96. The van der Waals surface area contributed by atoms with Crippen molar-refractivity contribution in [1.82, 2.24) is 0 Å². The lowest BCUT2D eigenvalue weighted by atomic mass is 9.93. The summed E-state index contributed by atoms with van der Waals surface area (Å²) in [5.41, 5.74) is 1.05. The number of aliphatic hydroxyl groups is 1. The summed E-state index contributed by atoms with van der Waals surface area (Å²) in [6.45, 7) is 5.94. The van der Waals surface area contributed by atoms with Crippen LogP contribution in [0.3, 0.4) is 0 Å². The predicted molar refractivity (Wildman–Crippen MR) is 75.8 cm³/mol. The molecule has 0 bridgehead atoms. The Morgan fingerprint density at radius 2 is 1.89 bits per heavy atom. The lowest BCUT2D eigenvalue weighted by molar-refractivity contribution is -0.137. The van der Waals surface area contributed by atoms with E-state index in [2.05, 4.69) is 0 Å². The quantitative estimate of drug-likeness (QED) is 0.785. The number of benzene rings is 1. The largest absolute Gasteiger partial charge is 0.392 e. The zero-order chi connectivity index (χ0) is 14.3. The molecule has 1 aromatic carbocycles. The monoisotopic (exact) mass is 264 g/mol. The van der Waals surface area contributed by atoms with E-state index in [0.717, 1.165) is 12.0 Å². The average Bonchev–Trinajstić information content (AvgIpc) is 2.44. The fraction of sp³-hybridized carbons (Fsp3) is 0.562. The third-order valence-electron chi connectivity index (χ3n) is 3.35. The number of hydrogen-bond donors (Lipinski definition) is 1. The molecular formula is C16H24O3. The van der Waals surface area contributed by atoms with Crippen molar-refractivity contribution in [1.29, 1.82) is 0 Å². The number of rotatable bonds is 8. The van der Waals surface area contributed by atoms with Gasteiger partial charge in [0.25, 0.3) is 0 Å². The molecule has 1 N–H and O–H groups in total. The Kier molecular flexibility index (Phi) is 6.74. The average molecular weight is 264 g/mol. The van der Waals surface area contributed by atoms with Crippen molar-refractivity contribution < 1.29 is 14.6 Å². The first-order chi connectivity index (χ1) is 9.06. The Morgan fingerprint density at radius 3 is 2.47 bits per heavy atom. The maximum atomic E-state index is 12.1. The maximum Gasteiger partial charge on any atom is 0.166 e. The van der Waals surface area contributed by atoms with Crippen molar-refractivity contribution in [3.63, 3.8) is 0 Å². The second-order valence-corrected chi connectivity index (χ2v) is 4.99. The van der Waals surface area contributed by atoms with Crippen LogP contribution in [0.4, 0.5) is 0 Å². The Balaban J connectivity index is 2.44.